The molecular formula is C21H28N6O3S. The van der Waals surface area contributed by atoms with Crippen LogP contribution >= 0.6 is 0 Å². The van der Waals surface area contributed by atoms with Crippen molar-refractivity contribution >= 4 is 21.6 Å². The van der Waals surface area contributed by atoms with Crippen LogP contribution < -0.4 is 20.5 Å². The number of nitrogens with two attached hydrogens (primary N) is 1. The third-order valence-electron chi connectivity index (χ3n) is 6.61. The van der Waals surface area contributed by atoms with Gasteiger partial charge in [-0.15, -0.1) is 4.36 Å². The van der Waals surface area contributed by atoms with Crippen LogP contribution in [-0.4, -0.2) is 39.7 Å². The number of nitrogens with zero attached hydrogens (tertiary/aromatic N) is 3. The number of carbonyl (C=O) groups excluding carboxylic acids is 1. The van der Waals surface area contributed by atoms with Gasteiger partial charge in [-0.05, 0) is 67.3 Å². The first kappa shape index (κ1) is 20.5. The fraction of sp³-hybridized carbons (Fsp3) is 0.524. The van der Waals surface area contributed by atoms with Gasteiger partial charge in [0.05, 0.1) is 18.8 Å². The number of urea groups is 1. The number of fused-ring (bicyclic) bond motifs is 3. The van der Waals surface area contributed by atoms with Crippen molar-refractivity contribution in [2.75, 3.05) is 19.0 Å². The highest BCUT2D eigenvalue weighted by Crippen LogP contribution is 2.44. The minimum Gasteiger partial charge on any atom is -0.475 e. The molecule has 10 heteroatoms. The maximum atomic E-state index is 13.2. The number of hydrogen-bond acceptors (Lipinski definition) is 5. The lowest BCUT2D eigenvalue weighted by Crippen LogP contribution is -2.40. The average Bonchev–Trinajstić information content (AvgIpc) is 3.45. The molecule has 2 aliphatic carbocycles. The molecular weight excluding hydrogens is 416 g/mol. The molecule has 2 unspecified atom stereocenters. The number of amides is 2. The van der Waals surface area contributed by atoms with E-state index in [4.69, 9.17) is 9.88 Å². The molecule has 5 rings (SSSR count). The van der Waals surface area contributed by atoms with E-state index in [1.54, 1.807) is 4.68 Å². The summed E-state index contributed by atoms with van der Waals surface area (Å²) in [6.07, 6.45) is 6.50. The minimum absolute atomic E-state index is 0.0959. The third-order valence-corrected chi connectivity index (χ3v) is 7.96. The SMILES string of the molecule is CNC1COc2c(S(N)(=O)=NC(=O)Nc3c4c(cc5c3[C@H](C)CC5)CCC4)cnn2C1. The van der Waals surface area contributed by atoms with Gasteiger partial charge in [-0.3, -0.25) is 0 Å². The molecule has 2 aromatic rings. The number of benzene rings is 1. The van der Waals surface area contributed by atoms with E-state index in [9.17, 15) is 9.00 Å². The highest BCUT2D eigenvalue weighted by molar-refractivity contribution is 7.91. The minimum atomic E-state index is -3.51. The molecule has 166 valence electrons. The summed E-state index contributed by atoms with van der Waals surface area (Å²) in [7, 11) is -1.67. The van der Waals surface area contributed by atoms with Crippen LogP contribution in [0.15, 0.2) is 21.5 Å². The molecule has 3 aliphatic rings. The standard InChI is InChI=1S/C21H28N6O3S/c1-12-6-7-14-8-13-4-3-5-16(13)19(18(12)14)25-21(28)26-31(22,29)17-9-24-27-10-15(23-2)11-30-20(17)27/h8-9,12,15,23H,3-7,10-11H2,1-2H3,(H3,22,25,26,28,29)/t12-,15?,31?/m1/s1. The van der Waals surface area contributed by atoms with E-state index in [0.29, 0.717) is 24.9 Å². The van der Waals surface area contributed by atoms with E-state index in [1.807, 2.05) is 7.05 Å². The van der Waals surface area contributed by atoms with E-state index in [-0.39, 0.29) is 10.9 Å². The van der Waals surface area contributed by atoms with Gasteiger partial charge in [-0.2, -0.15) is 5.10 Å². The second kappa shape index (κ2) is 7.61. The molecule has 1 aromatic carbocycles. The predicted molar refractivity (Wildman–Crippen MR) is 118 cm³/mol. The summed E-state index contributed by atoms with van der Waals surface area (Å²) < 4.78 is 24.4. The van der Waals surface area contributed by atoms with E-state index in [1.165, 1.54) is 28.5 Å². The van der Waals surface area contributed by atoms with Crippen molar-refractivity contribution in [2.24, 2.45) is 9.50 Å². The van der Waals surface area contributed by atoms with Gasteiger partial charge < -0.3 is 15.4 Å². The summed E-state index contributed by atoms with van der Waals surface area (Å²) in [5.74, 6) is 0.681. The van der Waals surface area contributed by atoms with Crippen LogP contribution in [0.3, 0.4) is 0 Å². The number of carbonyl (C=O) groups is 1. The van der Waals surface area contributed by atoms with Crippen molar-refractivity contribution in [3.05, 3.63) is 34.5 Å². The van der Waals surface area contributed by atoms with Crippen LogP contribution in [0.2, 0.25) is 0 Å². The number of ether oxygens (including phenoxy) is 1. The Balaban J connectivity index is 1.47. The molecule has 2 amide bonds. The molecule has 1 aromatic heterocycles. The maximum absolute atomic E-state index is 13.2. The summed E-state index contributed by atoms with van der Waals surface area (Å²) in [6, 6.07) is 1.70. The number of aromatic nitrogens is 2. The largest absolute Gasteiger partial charge is 0.475 e. The number of hydrogen-bond donors (Lipinski definition) is 3. The van der Waals surface area contributed by atoms with E-state index < -0.39 is 15.9 Å². The number of anilines is 1. The maximum Gasteiger partial charge on any atom is 0.354 e. The van der Waals surface area contributed by atoms with Crippen molar-refractivity contribution < 1.29 is 13.7 Å². The topological polar surface area (TPSA) is 124 Å². The van der Waals surface area contributed by atoms with Crippen LogP contribution in [-0.2, 0) is 35.7 Å². The van der Waals surface area contributed by atoms with E-state index in [0.717, 1.165) is 37.8 Å². The molecule has 2 heterocycles. The smallest absolute Gasteiger partial charge is 0.354 e. The summed E-state index contributed by atoms with van der Waals surface area (Å²) in [5.41, 5.74) is 5.83. The van der Waals surface area contributed by atoms with Gasteiger partial charge in [0.15, 0.2) is 9.92 Å². The fourth-order valence-electron chi connectivity index (χ4n) is 5.00. The summed E-state index contributed by atoms with van der Waals surface area (Å²) in [4.78, 5) is 13.0. The normalized spacial score (nSPS) is 23.3. The molecule has 9 nitrogen and oxygen atoms in total. The lowest BCUT2D eigenvalue weighted by atomic mass is 9.95. The molecule has 0 bridgehead atoms. The average molecular weight is 445 g/mol. The van der Waals surface area contributed by atoms with Crippen molar-refractivity contribution in [2.45, 2.75) is 62.4 Å². The Labute approximate surface area is 182 Å². The zero-order valence-corrected chi connectivity index (χ0v) is 18.6. The Morgan fingerprint density at radius 2 is 2.19 bits per heavy atom. The number of likely N-dealkylation sites (N-methyl/N-ethyl adjacent to an activating group) is 1. The quantitative estimate of drug-likeness (QED) is 0.670. The molecule has 0 saturated carbocycles. The summed E-state index contributed by atoms with van der Waals surface area (Å²) in [5, 5.41) is 16.3. The first-order valence-electron chi connectivity index (χ1n) is 10.8. The Kier molecular flexibility index (Phi) is 5.03. The number of nitrogens with one attached hydrogen (secondary N) is 2. The Bertz CT molecular complexity index is 1180. The van der Waals surface area contributed by atoms with Gasteiger partial charge >= 0.3 is 6.03 Å². The number of rotatable bonds is 3. The van der Waals surface area contributed by atoms with Gasteiger partial charge in [-0.25, -0.2) is 18.8 Å². The monoisotopic (exact) mass is 444 g/mol. The second-order valence-corrected chi connectivity index (χ2v) is 10.4. The van der Waals surface area contributed by atoms with Gasteiger partial charge in [0.1, 0.15) is 11.5 Å². The zero-order chi connectivity index (χ0) is 21.8. The molecule has 0 saturated heterocycles. The highest BCUT2D eigenvalue weighted by atomic mass is 32.2. The highest BCUT2D eigenvalue weighted by Gasteiger charge is 2.30. The Hall–Kier alpha value is -2.43. The van der Waals surface area contributed by atoms with Gasteiger partial charge in [0.25, 0.3) is 0 Å². The van der Waals surface area contributed by atoms with Crippen molar-refractivity contribution in [3.63, 3.8) is 0 Å². The van der Waals surface area contributed by atoms with Crippen LogP contribution in [0.1, 0.15) is 47.9 Å². The Morgan fingerprint density at radius 3 is 3.00 bits per heavy atom. The molecule has 0 spiro atoms. The van der Waals surface area contributed by atoms with E-state index in [2.05, 4.69) is 33.1 Å². The fourth-order valence-corrected chi connectivity index (χ4v) is 6.01. The zero-order valence-electron chi connectivity index (χ0n) is 17.8. The molecule has 0 radical (unpaired) electrons. The molecule has 31 heavy (non-hydrogen) atoms. The van der Waals surface area contributed by atoms with Gasteiger partial charge in [0, 0.05) is 5.69 Å². The van der Waals surface area contributed by atoms with Crippen molar-refractivity contribution in [3.8, 4) is 5.88 Å². The lowest BCUT2D eigenvalue weighted by Gasteiger charge is -2.24. The molecule has 1 aliphatic heterocycles. The first-order chi connectivity index (χ1) is 14.9. The van der Waals surface area contributed by atoms with Crippen LogP contribution in [0.5, 0.6) is 5.88 Å². The molecule has 3 atom stereocenters. The van der Waals surface area contributed by atoms with Crippen LogP contribution in [0.4, 0.5) is 10.5 Å². The van der Waals surface area contributed by atoms with Crippen molar-refractivity contribution in [1.82, 2.24) is 15.1 Å². The molecule has 4 N–H and O–H groups in total. The van der Waals surface area contributed by atoms with Gasteiger partial charge in [0.2, 0.25) is 5.88 Å². The van der Waals surface area contributed by atoms with Crippen LogP contribution in [0.25, 0.3) is 0 Å². The summed E-state index contributed by atoms with van der Waals surface area (Å²) in [6.45, 7) is 3.14. The number of aryl methyl sites for hydroxylation is 2. The first-order valence-corrected chi connectivity index (χ1v) is 12.3. The Morgan fingerprint density at radius 1 is 1.35 bits per heavy atom. The van der Waals surface area contributed by atoms with Crippen LogP contribution in [0, 0.1) is 0 Å². The summed E-state index contributed by atoms with van der Waals surface area (Å²) >= 11 is 0. The molecule has 0 fully saturated rings. The second-order valence-electron chi connectivity index (χ2n) is 8.64. The van der Waals surface area contributed by atoms with E-state index >= 15 is 0 Å². The lowest BCUT2D eigenvalue weighted by molar-refractivity contribution is 0.184. The third kappa shape index (κ3) is 3.52. The van der Waals surface area contributed by atoms with Crippen molar-refractivity contribution in [1.29, 1.82) is 0 Å². The predicted octanol–water partition coefficient (Wildman–Crippen LogP) is 2.33. The van der Waals surface area contributed by atoms with Gasteiger partial charge in [-0.1, -0.05) is 13.0 Å².